The van der Waals surface area contributed by atoms with Gasteiger partial charge in [0.05, 0.1) is 17.5 Å². The lowest BCUT2D eigenvalue weighted by Gasteiger charge is -2.19. The molecule has 0 bridgehead atoms. The predicted octanol–water partition coefficient (Wildman–Crippen LogP) is 2.25. The summed E-state index contributed by atoms with van der Waals surface area (Å²) in [6.45, 7) is 1.40. The molecule has 2 fully saturated rings. The number of nitrogens with zero attached hydrogens (tertiary/aromatic N) is 1. The lowest BCUT2D eigenvalue weighted by molar-refractivity contribution is -0.142. The molecule has 0 spiro atoms. The van der Waals surface area contributed by atoms with Crippen LogP contribution < -0.4 is 5.32 Å². The van der Waals surface area contributed by atoms with Crippen LogP contribution in [-0.4, -0.2) is 29.2 Å². The summed E-state index contributed by atoms with van der Waals surface area (Å²) in [5, 5.41) is 2.43. The molecule has 2 aliphatic rings. The molecular formula is C17H19FN2O3. The minimum absolute atomic E-state index is 0.0529. The second-order valence-electron chi connectivity index (χ2n) is 6.29. The summed E-state index contributed by atoms with van der Waals surface area (Å²) >= 11 is 0. The van der Waals surface area contributed by atoms with E-state index in [1.54, 1.807) is 13.0 Å². The number of benzene rings is 1. The van der Waals surface area contributed by atoms with Crippen LogP contribution >= 0.6 is 0 Å². The average Bonchev–Trinajstić information content (AvgIpc) is 2.76. The van der Waals surface area contributed by atoms with Crippen molar-refractivity contribution in [2.45, 2.75) is 32.6 Å². The summed E-state index contributed by atoms with van der Waals surface area (Å²) in [4.78, 5) is 37.7. The molecule has 1 aliphatic carbocycles. The SMILES string of the molecule is Cc1ccc(NC(=O)CN2C(=O)[C@H]3CCCC[C@H]3C2=O)c(F)c1. The van der Waals surface area contributed by atoms with Gasteiger partial charge >= 0.3 is 0 Å². The van der Waals surface area contributed by atoms with Gasteiger partial charge in [0.2, 0.25) is 17.7 Å². The van der Waals surface area contributed by atoms with Crippen molar-refractivity contribution in [1.29, 1.82) is 0 Å². The standard InChI is InChI=1S/C17H19FN2O3/c1-10-6-7-14(13(18)8-10)19-15(21)9-20-16(22)11-4-2-3-5-12(11)17(20)23/h6-8,11-12H,2-5,9H2,1H3,(H,19,21)/t11-,12+. The van der Waals surface area contributed by atoms with Crippen LogP contribution in [0.2, 0.25) is 0 Å². The molecule has 5 nitrogen and oxygen atoms in total. The van der Waals surface area contributed by atoms with Gasteiger partial charge in [-0.2, -0.15) is 0 Å². The number of nitrogens with one attached hydrogen (secondary N) is 1. The van der Waals surface area contributed by atoms with Crippen molar-refractivity contribution in [1.82, 2.24) is 4.90 Å². The lowest BCUT2D eigenvalue weighted by Crippen LogP contribution is -2.38. The molecule has 3 amide bonds. The zero-order chi connectivity index (χ0) is 16.6. The molecule has 3 rings (SSSR count). The van der Waals surface area contributed by atoms with Gasteiger partial charge < -0.3 is 5.32 Å². The van der Waals surface area contributed by atoms with Gasteiger partial charge in [-0.1, -0.05) is 18.9 Å². The maximum Gasteiger partial charge on any atom is 0.244 e. The monoisotopic (exact) mass is 318 g/mol. The maximum absolute atomic E-state index is 13.8. The fourth-order valence-electron chi connectivity index (χ4n) is 3.44. The maximum atomic E-state index is 13.8. The second-order valence-corrected chi connectivity index (χ2v) is 6.29. The Bertz CT molecular complexity index is 650. The van der Waals surface area contributed by atoms with Crippen LogP contribution in [0.3, 0.4) is 0 Å². The van der Waals surface area contributed by atoms with Crippen molar-refractivity contribution >= 4 is 23.4 Å². The van der Waals surface area contributed by atoms with E-state index in [0.29, 0.717) is 12.8 Å². The van der Waals surface area contributed by atoms with Crippen molar-refractivity contribution in [3.8, 4) is 0 Å². The minimum atomic E-state index is -0.562. The first-order valence-electron chi connectivity index (χ1n) is 7.88. The van der Waals surface area contributed by atoms with Gasteiger partial charge in [0.25, 0.3) is 0 Å². The first-order chi connectivity index (χ1) is 11.0. The van der Waals surface area contributed by atoms with Crippen molar-refractivity contribution < 1.29 is 18.8 Å². The molecule has 1 aromatic rings. The third kappa shape index (κ3) is 2.98. The molecule has 1 aromatic carbocycles. The van der Waals surface area contributed by atoms with Crippen LogP contribution in [0, 0.1) is 24.6 Å². The van der Waals surface area contributed by atoms with Crippen molar-refractivity contribution in [3.05, 3.63) is 29.6 Å². The van der Waals surface area contributed by atoms with E-state index in [1.165, 1.54) is 12.1 Å². The zero-order valence-corrected chi connectivity index (χ0v) is 13.0. The molecule has 2 atom stereocenters. The van der Waals surface area contributed by atoms with Gasteiger partial charge in [-0.3, -0.25) is 19.3 Å². The molecule has 122 valence electrons. The molecule has 1 N–H and O–H groups in total. The zero-order valence-electron chi connectivity index (χ0n) is 13.0. The number of hydrogen-bond acceptors (Lipinski definition) is 3. The van der Waals surface area contributed by atoms with Gasteiger partial charge in [-0.15, -0.1) is 0 Å². The summed E-state index contributed by atoms with van der Waals surface area (Å²) in [6, 6.07) is 4.46. The Kier molecular flexibility index (Phi) is 4.15. The topological polar surface area (TPSA) is 66.5 Å². The van der Waals surface area contributed by atoms with Crippen LogP contribution in [0.25, 0.3) is 0 Å². The Morgan fingerprint density at radius 1 is 1.22 bits per heavy atom. The van der Waals surface area contributed by atoms with E-state index < -0.39 is 11.7 Å². The summed E-state index contributed by atoms with van der Waals surface area (Å²) < 4.78 is 13.8. The Labute approximate surface area is 133 Å². The van der Waals surface area contributed by atoms with E-state index in [2.05, 4.69) is 5.32 Å². The fourth-order valence-corrected chi connectivity index (χ4v) is 3.44. The highest BCUT2D eigenvalue weighted by Crippen LogP contribution is 2.37. The number of aryl methyl sites for hydroxylation is 1. The van der Waals surface area contributed by atoms with Crippen molar-refractivity contribution in [3.63, 3.8) is 0 Å². The molecule has 0 radical (unpaired) electrons. The molecule has 0 unspecified atom stereocenters. The fraction of sp³-hybridized carbons (Fsp3) is 0.471. The normalized spacial score (nSPS) is 23.8. The Morgan fingerprint density at radius 3 is 2.39 bits per heavy atom. The smallest absolute Gasteiger partial charge is 0.244 e. The minimum Gasteiger partial charge on any atom is -0.322 e. The highest BCUT2D eigenvalue weighted by molar-refractivity contribution is 6.08. The predicted molar refractivity (Wildman–Crippen MR) is 81.9 cm³/mol. The van der Waals surface area contributed by atoms with Crippen LogP contribution in [0.15, 0.2) is 18.2 Å². The van der Waals surface area contributed by atoms with Crippen LogP contribution in [0.1, 0.15) is 31.2 Å². The lowest BCUT2D eigenvalue weighted by atomic mass is 9.81. The quantitative estimate of drug-likeness (QED) is 0.869. The Hall–Kier alpha value is -2.24. The molecule has 1 aliphatic heterocycles. The van der Waals surface area contributed by atoms with E-state index in [-0.39, 0.29) is 35.9 Å². The van der Waals surface area contributed by atoms with E-state index >= 15 is 0 Å². The number of rotatable bonds is 3. The summed E-state index contributed by atoms with van der Waals surface area (Å²) in [5.74, 6) is -2.18. The number of imide groups is 1. The van der Waals surface area contributed by atoms with E-state index in [4.69, 9.17) is 0 Å². The average molecular weight is 318 g/mol. The molecule has 0 aromatic heterocycles. The van der Waals surface area contributed by atoms with E-state index in [1.807, 2.05) is 0 Å². The summed E-state index contributed by atoms with van der Waals surface area (Å²) in [5.41, 5.74) is 0.798. The highest BCUT2D eigenvalue weighted by atomic mass is 19.1. The van der Waals surface area contributed by atoms with Gasteiger partial charge in [0.15, 0.2) is 0 Å². The number of carbonyl (C=O) groups is 3. The molecular weight excluding hydrogens is 299 g/mol. The van der Waals surface area contributed by atoms with Crippen LogP contribution in [0.5, 0.6) is 0 Å². The van der Waals surface area contributed by atoms with E-state index in [9.17, 15) is 18.8 Å². The highest BCUT2D eigenvalue weighted by Gasteiger charge is 2.48. The summed E-state index contributed by atoms with van der Waals surface area (Å²) in [7, 11) is 0. The van der Waals surface area contributed by atoms with Gasteiger partial charge in [-0.25, -0.2) is 4.39 Å². The number of halogens is 1. The van der Waals surface area contributed by atoms with Crippen LogP contribution in [-0.2, 0) is 14.4 Å². The number of carbonyl (C=O) groups excluding carboxylic acids is 3. The third-order valence-corrected chi connectivity index (χ3v) is 4.63. The largest absolute Gasteiger partial charge is 0.322 e. The third-order valence-electron chi connectivity index (χ3n) is 4.63. The molecule has 1 heterocycles. The Balaban J connectivity index is 1.68. The van der Waals surface area contributed by atoms with Crippen molar-refractivity contribution in [2.24, 2.45) is 11.8 Å². The van der Waals surface area contributed by atoms with Crippen molar-refractivity contribution in [2.75, 3.05) is 11.9 Å². The first-order valence-corrected chi connectivity index (χ1v) is 7.88. The van der Waals surface area contributed by atoms with Gasteiger partial charge in [-0.05, 0) is 37.5 Å². The number of hydrogen-bond donors (Lipinski definition) is 1. The molecule has 6 heteroatoms. The van der Waals surface area contributed by atoms with E-state index in [0.717, 1.165) is 23.3 Å². The molecule has 23 heavy (non-hydrogen) atoms. The molecule has 1 saturated carbocycles. The van der Waals surface area contributed by atoms with Gasteiger partial charge in [0, 0.05) is 0 Å². The number of likely N-dealkylation sites (tertiary alicyclic amines) is 1. The number of amides is 3. The Morgan fingerprint density at radius 2 is 1.83 bits per heavy atom. The van der Waals surface area contributed by atoms with Gasteiger partial charge in [0.1, 0.15) is 12.4 Å². The number of anilines is 1. The summed E-state index contributed by atoms with van der Waals surface area (Å²) in [6.07, 6.45) is 3.30. The second kappa shape index (κ2) is 6.10. The van der Waals surface area contributed by atoms with Crippen LogP contribution in [0.4, 0.5) is 10.1 Å². The first kappa shape index (κ1) is 15.6. The molecule has 1 saturated heterocycles. The number of fused-ring (bicyclic) bond motifs is 1.